The molecular weight excluding hydrogens is 400 g/mol. The number of aromatic nitrogens is 2. The highest BCUT2D eigenvalue weighted by Crippen LogP contribution is 2.22. The first-order chi connectivity index (χ1) is 15.6. The lowest BCUT2D eigenvalue weighted by atomic mass is 10.1. The molecule has 6 heteroatoms. The summed E-state index contributed by atoms with van der Waals surface area (Å²) < 4.78 is 1.63. The molecule has 4 aromatic rings. The molecule has 0 spiro atoms. The quantitative estimate of drug-likeness (QED) is 0.510. The van der Waals surface area contributed by atoms with E-state index >= 15 is 0 Å². The van der Waals surface area contributed by atoms with E-state index in [1.54, 1.807) is 22.8 Å². The molecule has 1 aliphatic rings. The second-order valence-corrected chi connectivity index (χ2v) is 8.21. The van der Waals surface area contributed by atoms with Crippen LogP contribution in [0.1, 0.15) is 28.8 Å². The van der Waals surface area contributed by atoms with E-state index in [2.05, 4.69) is 5.32 Å². The van der Waals surface area contributed by atoms with Crippen LogP contribution in [0.15, 0.2) is 83.7 Å². The molecule has 0 bridgehead atoms. The van der Waals surface area contributed by atoms with Gasteiger partial charge in [0.25, 0.3) is 11.5 Å². The summed E-state index contributed by atoms with van der Waals surface area (Å²) in [4.78, 5) is 32.9. The van der Waals surface area contributed by atoms with Gasteiger partial charge in [-0.25, -0.2) is 9.55 Å². The van der Waals surface area contributed by atoms with Crippen molar-refractivity contribution < 1.29 is 4.79 Å². The molecule has 1 fully saturated rings. The van der Waals surface area contributed by atoms with Gasteiger partial charge in [0.15, 0.2) is 0 Å². The van der Waals surface area contributed by atoms with E-state index in [1.165, 1.54) is 0 Å². The molecule has 3 aromatic carbocycles. The van der Waals surface area contributed by atoms with Gasteiger partial charge in [-0.05, 0) is 48.7 Å². The molecule has 1 saturated carbocycles. The zero-order valence-corrected chi connectivity index (χ0v) is 17.9. The van der Waals surface area contributed by atoms with Crippen molar-refractivity contribution in [2.45, 2.75) is 25.4 Å². The standard InChI is InChI=1S/C26H24N4O2/c1-29(17-18-8-4-2-5-9-18)26-28-23-16-19(24(31)27-20-13-14-20)12-15-22(23)25(32)30(26)21-10-6-3-7-11-21/h2-12,15-16,20H,13-14,17H2,1H3,(H,27,31). The molecule has 0 aliphatic heterocycles. The Kier molecular flexibility index (Phi) is 5.19. The molecule has 32 heavy (non-hydrogen) atoms. The highest BCUT2D eigenvalue weighted by Gasteiger charge is 2.24. The number of fused-ring (bicyclic) bond motifs is 1. The molecule has 160 valence electrons. The first-order valence-corrected chi connectivity index (χ1v) is 10.8. The molecule has 0 saturated heterocycles. The zero-order valence-electron chi connectivity index (χ0n) is 17.9. The molecule has 0 atom stereocenters. The summed E-state index contributed by atoms with van der Waals surface area (Å²) in [6, 6.07) is 24.9. The lowest BCUT2D eigenvalue weighted by Gasteiger charge is -2.23. The van der Waals surface area contributed by atoms with E-state index in [-0.39, 0.29) is 17.5 Å². The van der Waals surface area contributed by atoms with Crippen LogP contribution in [0.25, 0.3) is 16.6 Å². The first-order valence-electron chi connectivity index (χ1n) is 10.8. The Bertz CT molecular complexity index is 1330. The second kappa shape index (κ2) is 8.30. The van der Waals surface area contributed by atoms with Crippen molar-refractivity contribution in [1.82, 2.24) is 14.9 Å². The van der Waals surface area contributed by atoms with Gasteiger partial charge in [0.1, 0.15) is 0 Å². The average Bonchev–Trinajstić information content (AvgIpc) is 3.64. The van der Waals surface area contributed by atoms with Crippen LogP contribution in [0.5, 0.6) is 0 Å². The van der Waals surface area contributed by atoms with Gasteiger partial charge < -0.3 is 10.2 Å². The van der Waals surface area contributed by atoms with Gasteiger partial charge >= 0.3 is 0 Å². The van der Waals surface area contributed by atoms with Crippen LogP contribution in [0.2, 0.25) is 0 Å². The van der Waals surface area contributed by atoms with E-state index in [4.69, 9.17) is 4.98 Å². The third-order valence-corrected chi connectivity index (χ3v) is 5.64. The Morgan fingerprint density at radius 3 is 2.41 bits per heavy atom. The van der Waals surface area contributed by atoms with Gasteiger partial charge in [-0.3, -0.25) is 9.59 Å². The first kappa shape index (κ1) is 20.0. The zero-order chi connectivity index (χ0) is 22.1. The van der Waals surface area contributed by atoms with Crippen LogP contribution < -0.4 is 15.8 Å². The summed E-state index contributed by atoms with van der Waals surface area (Å²) in [5.41, 5.74) is 2.73. The lowest BCUT2D eigenvalue weighted by molar-refractivity contribution is 0.0951. The molecule has 1 heterocycles. The third kappa shape index (κ3) is 3.99. The van der Waals surface area contributed by atoms with Crippen LogP contribution in [0.3, 0.4) is 0 Å². The molecule has 1 N–H and O–H groups in total. The molecule has 0 unspecified atom stereocenters. The molecular formula is C26H24N4O2. The number of hydrogen-bond acceptors (Lipinski definition) is 4. The summed E-state index contributed by atoms with van der Waals surface area (Å²) in [7, 11) is 1.92. The van der Waals surface area contributed by atoms with Crippen molar-refractivity contribution in [3.63, 3.8) is 0 Å². The summed E-state index contributed by atoms with van der Waals surface area (Å²) >= 11 is 0. The number of hydrogen-bond donors (Lipinski definition) is 1. The SMILES string of the molecule is CN(Cc1ccccc1)c1nc2cc(C(=O)NC3CC3)ccc2c(=O)n1-c1ccccc1. The van der Waals surface area contributed by atoms with Crippen molar-refractivity contribution in [1.29, 1.82) is 0 Å². The fourth-order valence-electron chi connectivity index (χ4n) is 3.81. The van der Waals surface area contributed by atoms with Crippen LogP contribution in [0, 0.1) is 0 Å². The third-order valence-electron chi connectivity index (χ3n) is 5.64. The predicted molar refractivity (Wildman–Crippen MR) is 126 cm³/mol. The van der Waals surface area contributed by atoms with E-state index in [0.29, 0.717) is 29.0 Å². The Labute approximate surface area is 186 Å². The average molecular weight is 425 g/mol. The number of amides is 1. The monoisotopic (exact) mass is 424 g/mol. The largest absolute Gasteiger partial charge is 0.349 e. The minimum absolute atomic E-state index is 0.123. The normalized spacial score (nSPS) is 13.2. The highest BCUT2D eigenvalue weighted by atomic mass is 16.2. The minimum atomic E-state index is -0.162. The van der Waals surface area contributed by atoms with Gasteiger partial charge in [-0.15, -0.1) is 0 Å². The number of carbonyl (C=O) groups excluding carboxylic acids is 1. The lowest BCUT2D eigenvalue weighted by Crippen LogP contribution is -2.30. The molecule has 0 radical (unpaired) electrons. The smallest absolute Gasteiger partial charge is 0.267 e. The Hall–Kier alpha value is -3.93. The molecule has 1 amide bonds. The Morgan fingerprint density at radius 2 is 1.72 bits per heavy atom. The fraction of sp³-hybridized carbons (Fsp3) is 0.192. The number of carbonyl (C=O) groups is 1. The second-order valence-electron chi connectivity index (χ2n) is 8.21. The fourth-order valence-corrected chi connectivity index (χ4v) is 3.81. The topological polar surface area (TPSA) is 67.2 Å². The maximum atomic E-state index is 13.6. The van der Waals surface area contributed by atoms with Gasteiger partial charge in [0.05, 0.1) is 16.6 Å². The van der Waals surface area contributed by atoms with Gasteiger partial charge in [0.2, 0.25) is 5.95 Å². The van der Waals surface area contributed by atoms with E-state index in [9.17, 15) is 9.59 Å². The van der Waals surface area contributed by atoms with E-state index < -0.39 is 0 Å². The molecule has 1 aromatic heterocycles. The number of nitrogens with zero attached hydrogens (tertiary/aromatic N) is 3. The number of anilines is 1. The summed E-state index contributed by atoms with van der Waals surface area (Å²) in [5, 5.41) is 3.48. The number of rotatable bonds is 6. The Morgan fingerprint density at radius 1 is 1.03 bits per heavy atom. The van der Waals surface area contributed by atoms with Gasteiger partial charge in [0, 0.05) is 25.2 Å². The van der Waals surface area contributed by atoms with Crippen LogP contribution in [0.4, 0.5) is 5.95 Å². The maximum absolute atomic E-state index is 13.6. The van der Waals surface area contributed by atoms with E-state index in [0.717, 1.165) is 24.1 Å². The van der Waals surface area contributed by atoms with Crippen LogP contribution in [-0.4, -0.2) is 28.5 Å². The number of para-hydroxylation sites is 1. The van der Waals surface area contributed by atoms with Gasteiger partial charge in [-0.2, -0.15) is 0 Å². The van der Waals surface area contributed by atoms with Crippen LogP contribution >= 0.6 is 0 Å². The molecule has 1 aliphatic carbocycles. The Balaban J connectivity index is 1.63. The van der Waals surface area contributed by atoms with Gasteiger partial charge in [-0.1, -0.05) is 48.5 Å². The van der Waals surface area contributed by atoms with E-state index in [1.807, 2.05) is 72.6 Å². The summed E-state index contributed by atoms with van der Waals surface area (Å²) in [6.45, 7) is 0.591. The molecule has 6 nitrogen and oxygen atoms in total. The van der Waals surface area contributed by atoms with Crippen LogP contribution in [-0.2, 0) is 6.54 Å². The predicted octanol–water partition coefficient (Wildman–Crippen LogP) is 3.91. The minimum Gasteiger partial charge on any atom is -0.349 e. The van der Waals surface area contributed by atoms with Crippen molar-refractivity contribution in [2.75, 3.05) is 11.9 Å². The molecule has 5 rings (SSSR count). The van der Waals surface area contributed by atoms with Crippen molar-refractivity contribution in [3.8, 4) is 5.69 Å². The summed E-state index contributed by atoms with van der Waals surface area (Å²) in [6.07, 6.45) is 2.04. The maximum Gasteiger partial charge on any atom is 0.267 e. The summed E-state index contributed by atoms with van der Waals surface area (Å²) in [5.74, 6) is 0.403. The van der Waals surface area contributed by atoms with Crippen molar-refractivity contribution >= 4 is 22.8 Å². The number of nitrogens with one attached hydrogen (secondary N) is 1. The highest BCUT2D eigenvalue weighted by molar-refractivity contribution is 5.98. The number of benzene rings is 3. The van der Waals surface area contributed by atoms with Crippen molar-refractivity contribution in [2.24, 2.45) is 0 Å². The van der Waals surface area contributed by atoms with Crippen molar-refractivity contribution in [3.05, 3.63) is 100 Å².